The van der Waals surface area contributed by atoms with Crippen LogP contribution in [0.4, 0.5) is 0 Å². The van der Waals surface area contributed by atoms with Gasteiger partial charge in [-0.3, -0.25) is 4.79 Å². The Kier molecular flexibility index (Phi) is 4.33. The molecule has 108 valence electrons. The van der Waals surface area contributed by atoms with E-state index in [0.29, 0.717) is 12.2 Å². The van der Waals surface area contributed by atoms with Gasteiger partial charge in [-0.2, -0.15) is 4.98 Å². The third-order valence-corrected chi connectivity index (χ3v) is 3.20. The molecule has 2 aromatic rings. The highest BCUT2D eigenvalue weighted by Crippen LogP contribution is 2.19. The molecular weight excluding hydrogens is 266 g/mol. The molecule has 2 N–H and O–H groups in total. The Balaban J connectivity index is 2.43. The minimum atomic E-state index is -0.547. The molecule has 0 fully saturated rings. The second-order valence-corrected chi connectivity index (χ2v) is 4.78. The highest BCUT2D eigenvalue weighted by atomic mass is 16.2. The van der Waals surface area contributed by atoms with Gasteiger partial charge >= 0.3 is 5.69 Å². The topological polar surface area (TPSA) is 74.8 Å². The third kappa shape index (κ3) is 3.45. The van der Waals surface area contributed by atoms with E-state index in [1.807, 2.05) is 32.0 Å². The SMILES string of the molecule is C=CCNC(=O)c1cc(-c2ccc(C)c(C)c2)nc(=O)[nH]1. The first-order valence-electron chi connectivity index (χ1n) is 6.59. The molecule has 0 spiro atoms. The van der Waals surface area contributed by atoms with Crippen LogP contribution in [0, 0.1) is 13.8 Å². The number of aromatic amines is 1. The molecule has 0 atom stereocenters. The van der Waals surface area contributed by atoms with Crippen LogP contribution >= 0.6 is 0 Å². The van der Waals surface area contributed by atoms with Crippen LogP contribution in [0.1, 0.15) is 21.6 Å². The lowest BCUT2D eigenvalue weighted by molar-refractivity contribution is 0.0952. The number of H-pyrrole nitrogens is 1. The number of aromatic nitrogens is 2. The van der Waals surface area contributed by atoms with Crippen molar-refractivity contribution < 1.29 is 4.79 Å². The summed E-state index contributed by atoms with van der Waals surface area (Å²) in [7, 11) is 0. The van der Waals surface area contributed by atoms with E-state index in [0.717, 1.165) is 16.7 Å². The number of hydrogen-bond donors (Lipinski definition) is 2. The molecule has 1 aromatic heterocycles. The maximum atomic E-state index is 11.9. The Bertz CT molecular complexity index is 747. The molecule has 21 heavy (non-hydrogen) atoms. The molecule has 0 saturated heterocycles. The summed E-state index contributed by atoms with van der Waals surface area (Å²) in [5, 5.41) is 2.62. The average Bonchev–Trinajstić information content (AvgIpc) is 2.47. The molecule has 1 aromatic carbocycles. The molecule has 1 amide bonds. The van der Waals surface area contributed by atoms with Gasteiger partial charge in [-0.15, -0.1) is 6.58 Å². The summed E-state index contributed by atoms with van der Waals surface area (Å²) in [5.41, 5.74) is 3.19. The smallest absolute Gasteiger partial charge is 0.346 e. The van der Waals surface area contributed by atoms with Gasteiger partial charge in [0.2, 0.25) is 0 Å². The Morgan fingerprint density at radius 3 is 2.76 bits per heavy atom. The highest BCUT2D eigenvalue weighted by molar-refractivity contribution is 5.93. The van der Waals surface area contributed by atoms with E-state index < -0.39 is 5.69 Å². The first-order valence-corrected chi connectivity index (χ1v) is 6.59. The first kappa shape index (κ1) is 14.7. The number of benzene rings is 1. The number of carbonyl (C=O) groups is 1. The van der Waals surface area contributed by atoms with Gasteiger partial charge in [0.25, 0.3) is 5.91 Å². The molecule has 0 aliphatic heterocycles. The van der Waals surface area contributed by atoms with Gasteiger partial charge in [-0.1, -0.05) is 18.2 Å². The number of aryl methyl sites for hydroxylation is 2. The number of rotatable bonds is 4. The molecule has 1 heterocycles. The fraction of sp³-hybridized carbons (Fsp3) is 0.188. The summed E-state index contributed by atoms with van der Waals surface area (Å²) >= 11 is 0. The lowest BCUT2D eigenvalue weighted by Gasteiger charge is -2.07. The van der Waals surface area contributed by atoms with Gasteiger partial charge in [0.05, 0.1) is 5.69 Å². The molecule has 0 aliphatic carbocycles. The molecular formula is C16H17N3O2. The van der Waals surface area contributed by atoms with Gasteiger partial charge in [0.1, 0.15) is 5.69 Å². The largest absolute Gasteiger partial charge is 0.347 e. The van der Waals surface area contributed by atoms with Gasteiger partial charge in [-0.25, -0.2) is 4.79 Å². The molecule has 0 radical (unpaired) electrons. The number of hydrogen-bond acceptors (Lipinski definition) is 3. The van der Waals surface area contributed by atoms with Crippen molar-refractivity contribution in [1.29, 1.82) is 0 Å². The predicted molar refractivity (Wildman–Crippen MR) is 82.3 cm³/mol. The quantitative estimate of drug-likeness (QED) is 0.842. The standard InChI is InChI=1S/C16H17N3O2/c1-4-7-17-15(20)14-9-13(18-16(21)19-14)12-6-5-10(2)11(3)8-12/h4-6,8-9H,1,7H2,2-3H3,(H,17,20)(H,18,19,21). The summed E-state index contributed by atoms with van der Waals surface area (Å²) in [6.07, 6.45) is 1.57. The molecule has 5 nitrogen and oxygen atoms in total. The van der Waals surface area contributed by atoms with Crippen molar-refractivity contribution in [3.63, 3.8) is 0 Å². The minimum Gasteiger partial charge on any atom is -0.347 e. The first-order chi connectivity index (χ1) is 10.0. The summed E-state index contributed by atoms with van der Waals surface area (Å²) in [4.78, 5) is 29.9. The number of nitrogens with one attached hydrogen (secondary N) is 2. The van der Waals surface area contributed by atoms with Gasteiger partial charge in [0.15, 0.2) is 0 Å². The Labute approximate surface area is 122 Å². The minimum absolute atomic E-state index is 0.185. The average molecular weight is 283 g/mol. The molecule has 0 aliphatic rings. The van der Waals surface area contributed by atoms with Crippen LogP contribution in [0.25, 0.3) is 11.3 Å². The molecule has 5 heteroatoms. The summed E-state index contributed by atoms with van der Waals surface area (Å²) in [6, 6.07) is 7.37. The monoisotopic (exact) mass is 283 g/mol. The highest BCUT2D eigenvalue weighted by Gasteiger charge is 2.10. The van der Waals surface area contributed by atoms with Crippen molar-refractivity contribution >= 4 is 5.91 Å². The van der Waals surface area contributed by atoms with Gasteiger partial charge in [0, 0.05) is 12.1 Å². The van der Waals surface area contributed by atoms with Crippen LogP contribution in [-0.2, 0) is 0 Å². The number of nitrogens with zero attached hydrogens (tertiary/aromatic N) is 1. The normalized spacial score (nSPS) is 10.2. The zero-order valence-corrected chi connectivity index (χ0v) is 12.1. The van der Waals surface area contributed by atoms with Crippen LogP contribution in [-0.4, -0.2) is 22.4 Å². The predicted octanol–water partition coefficient (Wildman–Crippen LogP) is 1.97. The van der Waals surface area contributed by atoms with E-state index in [1.165, 1.54) is 0 Å². The van der Waals surface area contributed by atoms with Crippen molar-refractivity contribution in [3.8, 4) is 11.3 Å². The van der Waals surface area contributed by atoms with E-state index >= 15 is 0 Å². The number of amides is 1. The van der Waals surface area contributed by atoms with Gasteiger partial charge < -0.3 is 10.3 Å². The summed E-state index contributed by atoms with van der Waals surface area (Å²) in [6.45, 7) is 7.87. The van der Waals surface area contributed by atoms with E-state index in [9.17, 15) is 9.59 Å². The molecule has 0 unspecified atom stereocenters. The maximum absolute atomic E-state index is 11.9. The van der Waals surface area contributed by atoms with E-state index in [-0.39, 0.29) is 11.6 Å². The lowest BCUT2D eigenvalue weighted by Crippen LogP contribution is -2.27. The fourth-order valence-electron chi connectivity index (χ4n) is 1.89. The zero-order chi connectivity index (χ0) is 15.4. The van der Waals surface area contributed by atoms with E-state index in [4.69, 9.17) is 0 Å². The van der Waals surface area contributed by atoms with Crippen LogP contribution in [0.15, 0.2) is 41.7 Å². The second kappa shape index (κ2) is 6.17. The van der Waals surface area contributed by atoms with Gasteiger partial charge in [-0.05, 0) is 37.1 Å². The van der Waals surface area contributed by atoms with Crippen molar-refractivity contribution in [2.24, 2.45) is 0 Å². The van der Waals surface area contributed by atoms with Crippen molar-refractivity contribution in [1.82, 2.24) is 15.3 Å². The van der Waals surface area contributed by atoms with Crippen molar-refractivity contribution in [2.45, 2.75) is 13.8 Å². The Morgan fingerprint density at radius 2 is 2.10 bits per heavy atom. The maximum Gasteiger partial charge on any atom is 0.346 e. The van der Waals surface area contributed by atoms with Crippen LogP contribution in [0.5, 0.6) is 0 Å². The van der Waals surface area contributed by atoms with Crippen LogP contribution in [0.3, 0.4) is 0 Å². The summed E-state index contributed by atoms with van der Waals surface area (Å²) in [5.74, 6) is -0.362. The van der Waals surface area contributed by atoms with Crippen molar-refractivity contribution in [2.75, 3.05) is 6.54 Å². The molecule has 0 saturated carbocycles. The van der Waals surface area contributed by atoms with Crippen molar-refractivity contribution in [3.05, 3.63) is 64.2 Å². The number of carbonyl (C=O) groups excluding carboxylic acids is 1. The van der Waals surface area contributed by atoms with Crippen LogP contribution < -0.4 is 11.0 Å². The molecule has 0 bridgehead atoms. The fourth-order valence-corrected chi connectivity index (χ4v) is 1.89. The summed E-state index contributed by atoms with van der Waals surface area (Å²) < 4.78 is 0. The zero-order valence-electron chi connectivity index (χ0n) is 12.1. The Morgan fingerprint density at radius 1 is 1.33 bits per heavy atom. The van der Waals surface area contributed by atoms with E-state index in [2.05, 4.69) is 21.9 Å². The Hall–Kier alpha value is -2.69. The van der Waals surface area contributed by atoms with Crippen LogP contribution in [0.2, 0.25) is 0 Å². The van der Waals surface area contributed by atoms with E-state index in [1.54, 1.807) is 12.1 Å². The molecule has 2 rings (SSSR count). The lowest BCUT2D eigenvalue weighted by atomic mass is 10.0. The second-order valence-electron chi connectivity index (χ2n) is 4.78. The third-order valence-electron chi connectivity index (χ3n) is 3.20.